The molecule has 0 spiro atoms. The number of rotatable bonds is 12. The predicted octanol–water partition coefficient (Wildman–Crippen LogP) is 9.84. The third-order valence-electron chi connectivity index (χ3n) is 6.45. The topological polar surface area (TPSA) is 99.4 Å². The maximum absolute atomic E-state index is 12.7. The lowest BCUT2D eigenvalue weighted by molar-refractivity contribution is -0.280. The molecule has 6 nitrogen and oxygen atoms in total. The van der Waals surface area contributed by atoms with Crippen molar-refractivity contribution in [2.24, 2.45) is 5.92 Å². The van der Waals surface area contributed by atoms with E-state index >= 15 is 0 Å². The number of carbonyl (C=O) groups is 2. The number of aldehydes is 1. The van der Waals surface area contributed by atoms with E-state index in [1.54, 1.807) is 26.8 Å². The van der Waals surface area contributed by atoms with Crippen LogP contribution < -0.4 is 5.32 Å². The number of aryl methyl sites for hydroxylation is 2. The Morgan fingerprint density at radius 3 is 1.93 bits per heavy atom. The number of nitriles is 1. The molecule has 2 aromatic rings. The molecule has 262 valence electrons. The number of thiol groups is 1. The van der Waals surface area contributed by atoms with Crippen LogP contribution in [0.25, 0.3) is 11.1 Å². The van der Waals surface area contributed by atoms with Crippen LogP contribution in [0.15, 0.2) is 42.5 Å². The van der Waals surface area contributed by atoms with Crippen LogP contribution >= 0.6 is 12.6 Å². The minimum absolute atomic E-state index is 0.0301. The Bertz CT molecular complexity index is 1100. The molecule has 2 unspecified atom stereocenters. The Morgan fingerprint density at radius 2 is 1.57 bits per heavy atom. The van der Waals surface area contributed by atoms with Gasteiger partial charge in [0.05, 0.1) is 12.7 Å². The van der Waals surface area contributed by atoms with Crippen molar-refractivity contribution in [3.05, 3.63) is 59.2 Å². The Morgan fingerprint density at radius 1 is 1.02 bits per heavy atom. The molecule has 0 aromatic heterocycles. The first-order valence-electron chi connectivity index (χ1n) is 16.0. The summed E-state index contributed by atoms with van der Waals surface area (Å²) in [6.45, 7) is 17.4. The van der Waals surface area contributed by atoms with Crippen molar-refractivity contribution in [2.75, 3.05) is 19.8 Å². The molecule has 0 fully saturated rings. The minimum atomic E-state index is -4.63. The second-order valence-corrected chi connectivity index (χ2v) is 10.9. The van der Waals surface area contributed by atoms with Gasteiger partial charge in [0, 0.05) is 13.0 Å². The maximum atomic E-state index is 12.7. The van der Waals surface area contributed by atoms with E-state index in [2.05, 4.69) is 82.0 Å². The van der Waals surface area contributed by atoms with E-state index in [1.165, 1.54) is 35.1 Å². The summed E-state index contributed by atoms with van der Waals surface area (Å²) in [5.74, 6) is -0.183. The number of hydrogen-bond acceptors (Lipinski definition) is 5. The van der Waals surface area contributed by atoms with Crippen molar-refractivity contribution in [1.29, 1.82) is 5.26 Å². The van der Waals surface area contributed by atoms with Crippen molar-refractivity contribution >= 4 is 24.2 Å². The molecule has 46 heavy (non-hydrogen) atoms. The number of hydrogen-bond donors (Lipinski definition) is 3. The molecule has 0 aliphatic rings. The van der Waals surface area contributed by atoms with Gasteiger partial charge in [-0.25, -0.2) is 0 Å². The van der Waals surface area contributed by atoms with Crippen LogP contribution in [0.1, 0.15) is 97.3 Å². The summed E-state index contributed by atoms with van der Waals surface area (Å²) in [5.41, 5.74) is 3.26. The number of alkyl halides is 3. The van der Waals surface area contributed by atoms with Gasteiger partial charge < -0.3 is 20.0 Å². The summed E-state index contributed by atoms with van der Waals surface area (Å²) in [5, 5.41) is 19.1. The average Bonchev–Trinajstić information content (AvgIpc) is 3.02. The summed E-state index contributed by atoms with van der Waals surface area (Å²) in [7, 11) is 0. The van der Waals surface area contributed by atoms with E-state index in [4.69, 9.17) is 10.00 Å². The van der Waals surface area contributed by atoms with Gasteiger partial charge in [-0.15, -0.1) is 0 Å². The molecule has 2 aromatic carbocycles. The first kappa shape index (κ1) is 47.5. The van der Waals surface area contributed by atoms with Crippen molar-refractivity contribution in [2.45, 2.75) is 113 Å². The summed E-state index contributed by atoms with van der Waals surface area (Å²) in [4.78, 5) is 20.3. The first-order valence-corrected chi connectivity index (χ1v) is 16.4. The lowest BCUT2D eigenvalue weighted by Gasteiger charge is -2.32. The maximum Gasteiger partial charge on any atom is 0.419 e. The first-order chi connectivity index (χ1) is 21.7. The van der Waals surface area contributed by atoms with Crippen molar-refractivity contribution < 1.29 is 32.6 Å². The molecular weight excluding hydrogens is 613 g/mol. The molecule has 2 rings (SSSR count). The highest BCUT2D eigenvalue weighted by atomic mass is 32.1. The predicted molar refractivity (Wildman–Crippen MR) is 187 cm³/mol. The number of nitrogens with one attached hydrogen (secondary N) is 1. The molecule has 0 aliphatic heterocycles. The van der Waals surface area contributed by atoms with E-state index in [-0.39, 0.29) is 25.5 Å². The van der Waals surface area contributed by atoms with Crippen LogP contribution in [0, 0.1) is 31.1 Å². The zero-order valence-corrected chi connectivity index (χ0v) is 30.2. The fourth-order valence-corrected chi connectivity index (χ4v) is 3.50. The highest BCUT2D eigenvalue weighted by molar-refractivity contribution is 7.96. The van der Waals surface area contributed by atoms with Crippen molar-refractivity contribution in [3.63, 3.8) is 0 Å². The molecule has 0 heterocycles. The number of benzene rings is 2. The zero-order valence-electron chi connectivity index (χ0n) is 29.3. The Labute approximate surface area is 281 Å². The van der Waals surface area contributed by atoms with Crippen LogP contribution in [0.5, 0.6) is 0 Å². The fraction of sp³-hybridized carbons (Fsp3) is 0.583. The molecule has 0 radical (unpaired) electrons. The number of ether oxygens (including phenoxy) is 1. The van der Waals surface area contributed by atoms with Gasteiger partial charge in [0.2, 0.25) is 0 Å². The van der Waals surface area contributed by atoms with E-state index < -0.39 is 23.6 Å². The third-order valence-corrected chi connectivity index (χ3v) is 6.61. The lowest BCUT2D eigenvalue weighted by atomic mass is 9.90. The Kier molecular flexibility index (Phi) is 29.3. The lowest BCUT2D eigenvalue weighted by Crippen LogP contribution is -2.50. The monoisotopic (exact) mass is 670 g/mol. The summed E-state index contributed by atoms with van der Waals surface area (Å²) in [6.07, 6.45) is 0.387. The molecule has 0 saturated carbocycles. The van der Waals surface area contributed by atoms with Crippen LogP contribution in [0.4, 0.5) is 18.0 Å². The summed E-state index contributed by atoms with van der Waals surface area (Å²) in [6, 6.07) is 16.5. The van der Waals surface area contributed by atoms with E-state index in [0.717, 1.165) is 11.8 Å². The molecule has 0 bridgehead atoms. The smallest absolute Gasteiger partial charge is 0.379 e. The van der Waals surface area contributed by atoms with Gasteiger partial charge in [-0.3, -0.25) is 4.79 Å². The van der Waals surface area contributed by atoms with Crippen LogP contribution in [0.2, 0.25) is 0 Å². The number of unbranched alkanes of at least 4 members (excludes halogenated alkanes) is 1. The number of aliphatic hydroxyl groups is 1. The molecule has 1 amide bonds. The number of amides is 1. The molecule has 0 aliphatic carbocycles. The van der Waals surface area contributed by atoms with E-state index in [1.807, 2.05) is 19.9 Å². The van der Waals surface area contributed by atoms with Gasteiger partial charge >= 0.3 is 6.18 Å². The SMILES string of the molecule is CC.CCCC.CCCOCC(O)(CC(C)CC)C(F)(F)F.Cc1ccc(-c2ccc(CC=O)c(C)c2)cc1.N#CCNC(=O)S. The van der Waals surface area contributed by atoms with Crippen LogP contribution in [0.3, 0.4) is 0 Å². The second kappa shape index (κ2) is 28.4. The van der Waals surface area contributed by atoms with Gasteiger partial charge in [0.25, 0.3) is 5.24 Å². The molecule has 2 N–H and O–H groups in total. The van der Waals surface area contributed by atoms with Crippen molar-refractivity contribution in [3.8, 4) is 17.2 Å². The number of carbonyl (C=O) groups excluding carboxylic acids is 2. The summed E-state index contributed by atoms with van der Waals surface area (Å²) < 4.78 is 42.9. The molecule has 10 heteroatoms. The van der Waals surface area contributed by atoms with Crippen molar-refractivity contribution in [1.82, 2.24) is 5.32 Å². The zero-order chi connectivity index (χ0) is 36.2. The standard InChI is InChI=1S/C16H16O.C11H21F3O2.C4H10.C3H4N2OS.C2H6/c1-12-3-5-15(6-4-12)16-8-7-14(9-10-17)13(2)11-16;1-4-6-16-8-10(15,11(12,13)14)7-9(3)5-2;1-3-4-2;4-1-2-5-3(6)7;1-2/h3-8,10-11H,9H2,1-2H3;9,15H,4-8H2,1-3H3;3-4H2,1-2H3;2H2,(H2,5,6,7);1-2H3. The van der Waals surface area contributed by atoms with Gasteiger partial charge in [-0.1, -0.05) is 128 Å². The highest BCUT2D eigenvalue weighted by Gasteiger charge is 2.54. The Hall–Kier alpha value is -2.87. The number of halogens is 3. The fourth-order valence-electron chi connectivity index (χ4n) is 3.42. The quantitative estimate of drug-likeness (QED) is 0.0904. The van der Waals surface area contributed by atoms with Crippen LogP contribution in [-0.2, 0) is 16.0 Å². The van der Waals surface area contributed by atoms with Gasteiger partial charge in [-0.05, 0) is 54.9 Å². The second-order valence-electron chi connectivity index (χ2n) is 10.5. The van der Waals surface area contributed by atoms with Crippen LogP contribution in [-0.4, -0.2) is 48.2 Å². The number of nitrogens with zero attached hydrogens (tertiary/aromatic N) is 1. The summed E-state index contributed by atoms with van der Waals surface area (Å²) >= 11 is 3.33. The molecular formula is C36H57F3N2O4S. The largest absolute Gasteiger partial charge is 0.419 e. The Balaban J connectivity index is -0.000000589. The minimum Gasteiger partial charge on any atom is -0.379 e. The molecule has 0 saturated heterocycles. The van der Waals surface area contributed by atoms with Gasteiger partial charge in [-0.2, -0.15) is 18.4 Å². The third kappa shape index (κ3) is 22.6. The normalized spacial score (nSPS) is 11.9. The average molecular weight is 671 g/mol. The van der Waals surface area contributed by atoms with E-state index in [9.17, 15) is 27.9 Å². The highest BCUT2D eigenvalue weighted by Crippen LogP contribution is 2.36. The van der Waals surface area contributed by atoms with Gasteiger partial charge in [0.15, 0.2) is 5.60 Å². The molecule has 2 atom stereocenters. The van der Waals surface area contributed by atoms with E-state index in [0.29, 0.717) is 19.3 Å². The van der Waals surface area contributed by atoms with Gasteiger partial charge in [0.1, 0.15) is 12.8 Å².